The van der Waals surface area contributed by atoms with Crippen molar-refractivity contribution in [3.05, 3.63) is 35.1 Å². The molecule has 0 fully saturated rings. The van der Waals surface area contributed by atoms with Crippen LogP contribution in [0, 0.1) is 5.82 Å². The first-order valence-electron chi connectivity index (χ1n) is 4.59. The second-order valence-electron chi connectivity index (χ2n) is 3.54. The molecule has 1 aromatic carbocycles. The van der Waals surface area contributed by atoms with E-state index in [0.717, 1.165) is 0 Å². The van der Waals surface area contributed by atoms with Crippen molar-refractivity contribution < 1.29 is 26.3 Å². The smallest absolute Gasteiger partial charge is 0.325 e. The molecule has 0 unspecified atom stereocenters. The standard InChI is InChI=1S/C10H9F6N/c11-8-3-7(10(14,15)16)2-1-6(8)4-9(12,13)5-17/h1-3H,4-5,17H2. The fourth-order valence-corrected chi connectivity index (χ4v) is 1.22. The van der Waals surface area contributed by atoms with Crippen LogP contribution in [0.2, 0.25) is 0 Å². The van der Waals surface area contributed by atoms with E-state index in [-0.39, 0.29) is 6.07 Å². The summed E-state index contributed by atoms with van der Waals surface area (Å²) in [6.45, 7) is -0.993. The van der Waals surface area contributed by atoms with E-state index in [1.807, 2.05) is 0 Å². The highest BCUT2D eigenvalue weighted by Crippen LogP contribution is 2.31. The van der Waals surface area contributed by atoms with Crippen LogP contribution in [0.15, 0.2) is 18.2 Å². The summed E-state index contributed by atoms with van der Waals surface area (Å²) in [5.41, 5.74) is 3.05. The molecule has 1 aromatic rings. The Labute approximate surface area is 93.2 Å². The SMILES string of the molecule is NCC(F)(F)Cc1ccc(C(F)(F)F)cc1F. The van der Waals surface area contributed by atoms with Gasteiger partial charge >= 0.3 is 6.18 Å². The fourth-order valence-electron chi connectivity index (χ4n) is 1.22. The van der Waals surface area contributed by atoms with Crippen molar-refractivity contribution in [1.82, 2.24) is 0 Å². The molecule has 0 saturated heterocycles. The van der Waals surface area contributed by atoms with Gasteiger partial charge in [-0.3, -0.25) is 0 Å². The first-order chi connectivity index (χ1) is 7.65. The molecule has 0 heterocycles. The lowest BCUT2D eigenvalue weighted by Crippen LogP contribution is -2.30. The molecule has 0 spiro atoms. The van der Waals surface area contributed by atoms with Crippen LogP contribution in [0.1, 0.15) is 11.1 Å². The number of alkyl halides is 5. The van der Waals surface area contributed by atoms with Crippen molar-refractivity contribution in [1.29, 1.82) is 0 Å². The molecule has 0 aliphatic rings. The zero-order chi connectivity index (χ0) is 13.3. The van der Waals surface area contributed by atoms with Crippen molar-refractivity contribution >= 4 is 0 Å². The maximum absolute atomic E-state index is 13.2. The number of benzene rings is 1. The van der Waals surface area contributed by atoms with Crippen LogP contribution in [-0.4, -0.2) is 12.5 Å². The number of nitrogens with two attached hydrogens (primary N) is 1. The Morgan fingerprint density at radius 1 is 1.06 bits per heavy atom. The van der Waals surface area contributed by atoms with Gasteiger partial charge in [0.1, 0.15) is 5.82 Å². The van der Waals surface area contributed by atoms with E-state index in [9.17, 15) is 26.3 Å². The van der Waals surface area contributed by atoms with Crippen LogP contribution in [0.5, 0.6) is 0 Å². The van der Waals surface area contributed by atoms with E-state index >= 15 is 0 Å². The molecule has 0 amide bonds. The van der Waals surface area contributed by atoms with Crippen molar-refractivity contribution in [3.63, 3.8) is 0 Å². The zero-order valence-corrected chi connectivity index (χ0v) is 8.49. The van der Waals surface area contributed by atoms with E-state index in [1.165, 1.54) is 0 Å². The minimum atomic E-state index is -4.70. The fraction of sp³-hybridized carbons (Fsp3) is 0.400. The van der Waals surface area contributed by atoms with E-state index in [0.29, 0.717) is 12.1 Å². The van der Waals surface area contributed by atoms with Gasteiger partial charge in [-0.2, -0.15) is 13.2 Å². The van der Waals surface area contributed by atoms with E-state index in [2.05, 4.69) is 0 Å². The van der Waals surface area contributed by atoms with Gasteiger partial charge in [-0.15, -0.1) is 0 Å². The summed E-state index contributed by atoms with van der Waals surface area (Å²) in [6, 6.07) is 1.45. The lowest BCUT2D eigenvalue weighted by atomic mass is 10.0. The third kappa shape index (κ3) is 3.62. The van der Waals surface area contributed by atoms with Crippen LogP contribution >= 0.6 is 0 Å². The normalized spacial score (nSPS) is 12.9. The molecule has 1 rings (SSSR count). The van der Waals surface area contributed by atoms with Crippen molar-refractivity contribution in [3.8, 4) is 0 Å². The minimum Gasteiger partial charge on any atom is -0.325 e. The Morgan fingerprint density at radius 2 is 1.65 bits per heavy atom. The summed E-state index contributed by atoms with van der Waals surface area (Å²) in [5, 5.41) is 0. The number of rotatable bonds is 3. The summed E-state index contributed by atoms with van der Waals surface area (Å²) in [6.07, 6.45) is -5.72. The monoisotopic (exact) mass is 257 g/mol. The van der Waals surface area contributed by atoms with Gasteiger partial charge in [-0.05, 0) is 17.7 Å². The molecule has 17 heavy (non-hydrogen) atoms. The number of halogens is 6. The predicted molar refractivity (Wildman–Crippen MR) is 49.1 cm³/mol. The maximum atomic E-state index is 13.2. The molecule has 2 N–H and O–H groups in total. The van der Waals surface area contributed by atoms with Gasteiger partial charge in [0.15, 0.2) is 0 Å². The van der Waals surface area contributed by atoms with E-state index in [1.54, 1.807) is 0 Å². The molecule has 0 atom stereocenters. The largest absolute Gasteiger partial charge is 0.416 e. The van der Waals surface area contributed by atoms with Gasteiger partial charge in [0, 0.05) is 6.42 Å². The summed E-state index contributed by atoms with van der Waals surface area (Å²) in [5.74, 6) is -4.64. The molecule has 0 bridgehead atoms. The topological polar surface area (TPSA) is 26.0 Å². The second kappa shape index (κ2) is 4.56. The Morgan fingerprint density at radius 3 is 2.06 bits per heavy atom. The van der Waals surface area contributed by atoms with Crippen LogP contribution < -0.4 is 5.73 Å². The molecule has 0 saturated carbocycles. The van der Waals surface area contributed by atoms with Crippen molar-refractivity contribution in [2.45, 2.75) is 18.5 Å². The average molecular weight is 257 g/mol. The Bertz CT molecular complexity index is 398. The molecule has 0 aromatic heterocycles. The summed E-state index contributed by atoms with van der Waals surface area (Å²) >= 11 is 0. The summed E-state index contributed by atoms with van der Waals surface area (Å²) in [4.78, 5) is 0. The first-order valence-corrected chi connectivity index (χ1v) is 4.59. The lowest BCUT2D eigenvalue weighted by molar-refractivity contribution is -0.137. The molecule has 0 radical (unpaired) electrons. The molecule has 0 aliphatic carbocycles. The first kappa shape index (κ1) is 13.8. The van der Waals surface area contributed by atoms with Crippen LogP contribution in [0.3, 0.4) is 0 Å². The molecule has 7 heteroatoms. The Hall–Kier alpha value is -1.24. The third-order valence-electron chi connectivity index (χ3n) is 2.13. The highest BCUT2D eigenvalue weighted by molar-refractivity contribution is 5.27. The molecule has 96 valence electrons. The molecular formula is C10H9F6N. The quantitative estimate of drug-likeness (QED) is 0.828. The van der Waals surface area contributed by atoms with E-state index in [4.69, 9.17) is 5.73 Å². The van der Waals surface area contributed by atoms with E-state index < -0.39 is 42.0 Å². The second-order valence-corrected chi connectivity index (χ2v) is 3.54. The highest BCUT2D eigenvalue weighted by atomic mass is 19.4. The average Bonchev–Trinajstić information content (AvgIpc) is 2.19. The zero-order valence-electron chi connectivity index (χ0n) is 8.49. The number of hydrogen-bond acceptors (Lipinski definition) is 1. The van der Waals surface area contributed by atoms with Gasteiger partial charge in [0.25, 0.3) is 5.92 Å². The van der Waals surface area contributed by atoms with Gasteiger partial charge in [-0.1, -0.05) is 6.07 Å². The van der Waals surface area contributed by atoms with Crippen LogP contribution in [-0.2, 0) is 12.6 Å². The van der Waals surface area contributed by atoms with Crippen molar-refractivity contribution in [2.24, 2.45) is 5.73 Å². The van der Waals surface area contributed by atoms with Crippen molar-refractivity contribution in [2.75, 3.05) is 6.54 Å². The third-order valence-corrected chi connectivity index (χ3v) is 2.13. The summed E-state index contributed by atoms with van der Waals surface area (Å²) < 4.78 is 75.4. The number of hydrogen-bond donors (Lipinski definition) is 1. The maximum Gasteiger partial charge on any atom is 0.416 e. The Balaban J connectivity index is 2.99. The minimum absolute atomic E-state index is 0.196. The molecular weight excluding hydrogens is 248 g/mol. The van der Waals surface area contributed by atoms with Gasteiger partial charge < -0.3 is 5.73 Å². The molecule has 0 aliphatic heterocycles. The summed E-state index contributed by atoms with van der Waals surface area (Å²) in [7, 11) is 0. The highest BCUT2D eigenvalue weighted by Gasteiger charge is 2.33. The lowest BCUT2D eigenvalue weighted by Gasteiger charge is -2.15. The van der Waals surface area contributed by atoms with Gasteiger partial charge in [-0.25, -0.2) is 13.2 Å². The van der Waals surface area contributed by atoms with Gasteiger partial charge in [0.2, 0.25) is 0 Å². The molecule has 1 nitrogen and oxygen atoms in total. The van der Waals surface area contributed by atoms with Crippen LogP contribution in [0.25, 0.3) is 0 Å². The Kier molecular flexibility index (Phi) is 3.71. The predicted octanol–water partition coefficient (Wildman–Crippen LogP) is 2.98. The van der Waals surface area contributed by atoms with Crippen LogP contribution in [0.4, 0.5) is 26.3 Å². The van der Waals surface area contributed by atoms with Gasteiger partial charge in [0.05, 0.1) is 12.1 Å².